The molecule has 1 saturated carbocycles. The summed E-state index contributed by atoms with van der Waals surface area (Å²) in [5, 5.41) is 0. The monoisotopic (exact) mass is 178 g/mol. The lowest BCUT2D eigenvalue weighted by Gasteiger charge is -2.35. The normalized spacial score (nSPS) is 34.7. The van der Waals surface area contributed by atoms with Crippen LogP contribution in [0.25, 0.3) is 0 Å². The van der Waals surface area contributed by atoms with Crippen molar-refractivity contribution in [2.75, 3.05) is 0 Å². The van der Waals surface area contributed by atoms with Gasteiger partial charge in [0.05, 0.1) is 0 Å². The van der Waals surface area contributed by atoms with E-state index >= 15 is 0 Å². The lowest BCUT2D eigenvalue weighted by Crippen LogP contribution is -2.24. The summed E-state index contributed by atoms with van der Waals surface area (Å²) >= 11 is 0. The van der Waals surface area contributed by atoms with Crippen LogP contribution in [0.5, 0.6) is 0 Å². The van der Waals surface area contributed by atoms with E-state index in [2.05, 4.69) is 33.9 Å². The van der Waals surface area contributed by atoms with E-state index in [0.29, 0.717) is 5.92 Å². The number of hydrogen-bond donors (Lipinski definition) is 0. The third-order valence-electron chi connectivity index (χ3n) is 3.38. The third-order valence-corrected chi connectivity index (χ3v) is 3.38. The summed E-state index contributed by atoms with van der Waals surface area (Å²) in [4.78, 5) is 0. The fraction of sp³-hybridized carbons (Fsp3) is 0.692. The summed E-state index contributed by atoms with van der Waals surface area (Å²) in [5.74, 6) is 2.18. The van der Waals surface area contributed by atoms with Crippen LogP contribution < -0.4 is 0 Å². The van der Waals surface area contributed by atoms with E-state index in [1.807, 2.05) is 0 Å². The molecule has 3 unspecified atom stereocenters. The maximum Gasteiger partial charge on any atom is 0.000408 e. The second-order valence-electron chi connectivity index (χ2n) is 4.66. The van der Waals surface area contributed by atoms with Gasteiger partial charge in [-0.05, 0) is 38.0 Å². The van der Waals surface area contributed by atoms with Gasteiger partial charge in [-0.2, -0.15) is 0 Å². The fourth-order valence-corrected chi connectivity index (χ4v) is 2.52. The Hall–Kier alpha value is -0.520. The van der Waals surface area contributed by atoms with Gasteiger partial charge in [-0.25, -0.2) is 0 Å². The second-order valence-corrected chi connectivity index (χ2v) is 4.66. The standard InChI is InChI=1S/C13H22/c1-6-12-7-10(4)8-13(9(2)3)11(12)5/h10,12-13H,2,5-8H2,1,3-4H3. The summed E-state index contributed by atoms with van der Waals surface area (Å²) in [6, 6.07) is 0. The van der Waals surface area contributed by atoms with Crippen LogP contribution in [0.2, 0.25) is 0 Å². The Morgan fingerprint density at radius 3 is 2.54 bits per heavy atom. The molecule has 0 heterocycles. The van der Waals surface area contributed by atoms with Crippen molar-refractivity contribution >= 4 is 0 Å². The summed E-state index contributed by atoms with van der Waals surface area (Å²) in [5.41, 5.74) is 2.74. The van der Waals surface area contributed by atoms with Crippen LogP contribution in [0, 0.1) is 17.8 Å². The van der Waals surface area contributed by atoms with Crippen LogP contribution in [-0.2, 0) is 0 Å². The average Bonchev–Trinajstić information content (AvgIpc) is 2.08. The molecule has 1 fully saturated rings. The van der Waals surface area contributed by atoms with E-state index in [9.17, 15) is 0 Å². The second kappa shape index (κ2) is 4.13. The van der Waals surface area contributed by atoms with E-state index in [4.69, 9.17) is 0 Å². The van der Waals surface area contributed by atoms with Crippen LogP contribution >= 0.6 is 0 Å². The Morgan fingerprint density at radius 2 is 2.08 bits per heavy atom. The molecular weight excluding hydrogens is 156 g/mol. The lowest BCUT2D eigenvalue weighted by molar-refractivity contribution is 0.303. The zero-order valence-corrected chi connectivity index (χ0v) is 9.27. The first-order valence-corrected chi connectivity index (χ1v) is 5.40. The van der Waals surface area contributed by atoms with E-state index in [-0.39, 0.29) is 0 Å². The summed E-state index contributed by atoms with van der Waals surface area (Å²) in [7, 11) is 0. The highest BCUT2D eigenvalue weighted by Crippen LogP contribution is 2.41. The Kier molecular flexibility index (Phi) is 3.35. The molecule has 1 rings (SSSR count). The molecule has 1 aliphatic carbocycles. The maximum atomic E-state index is 4.24. The molecule has 0 aliphatic heterocycles. The molecule has 0 spiro atoms. The third kappa shape index (κ3) is 2.24. The highest BCUT2D eigenvalue weighted by Gasteiger charge is 2.28. The van der Waals surface area contributed by atoms with Crippen molar-refractivity contribution in [3.05, 3.63) is 24.3 Å². The van der Waals surface area contributed by atoms with Crippen LogP contribution in [0.1, 0.15) is 40.0 Å². The Bertz CT molecular complexity index is 212. The van der Waals surface area contributed by atoms with Gasteiger partial charge in [0, 0.05) is 5.92 Å². The van der Waals surface area contributed by atoms with Crippen LogP contribution in [0.3, 0.4) is 0 Å². The fourth-order valence-electron chi connectivity index (χ4n) is 2.52. The van der Waals surface area contributed by atoms with Gasteiger partial charge in [-0.3, -0.25) is 0 Å². The van der Waals surface area contributed by atoms with Crippen molar-refractivity contribution in [2.45, 2.75) is 40.0 Å². The molecule has 0 heteroatoms. The smallest absolute Gasteiger partial charge is 0.000408 e. The zero-order chi connectivity index (χ0) is 10.0. The molecule has 13 heavy (non-hydrogen) atoms. The van der Waals surface area contributed by atoms with Crippen LogP contribution in [-0.4, -0.2) is 0 Å². The van der Waals surface area contributed by atoms with Crippen molar-refractivity contribution < 1.29 is 0 Å². The first-order valence-electron chi connectivity index (χ1n) is 5.40. The lowest BCUT2D eigenvalue weighted by atomic mass is 9.70. The number of allylic oxidation sites excluding steroid dienone is 2. The van der Waals surface area contributed by atoms with Crippen molar-refractivity contribution in [1.29, 1.82) is 0 Å². The van der Waals surface area contributed by atoms with E-state index in [1.165, 1.54) is 30.4 Å². The first-order chi connectivity index (χ1) is 6.06. The predicted molar refractivity (Wildman–Crippen MR) is 59.6 cm³/mol. The zero-order valence-electron chi connectivity index (χ0n) is 9.27. The molecule has 0 radical (unpaired) electrons. The van der Waals surface area contributed by atoms with Crippen molar-refractivity contribution in [1.82, 2.24) is 0 Å². The topological polar surface area (TPSA) is 0 Å². The molecule has 0 aromatic rings. The first kappa shape index (κ1) is 10.6. The SMILES string of the molecule is C=C(C)C1CC(C)CC(CC)C1=C. The molecule has 0 aromatic carbocycles. The minimum absolute atomic E-state index is 0.591. The highest BCUT2D eigenvalue weighted by molar-refractivity contribution is 5.19. The van der Waals surface area contributed by atoms with Gasteiger partial charge in [0.15, 0.2) is 0 Å². The number of rotatable bonds is 2. The molecular formula is C13H22. The number of hydrogen-bond acceptors (Lipinski definition) is 0. The molecule has 0 nitrogen and oxygen atoms in total. The molecule has 0 saturated heterocycles. The Balaban J connectivity index is 2.74. The van der Waals surface area contributed by atoms with Crippen molar-refractivity contribution in [3.63, 3.8) is 0 Å². The van der Waals surface area contributed by atoms with E-state index in [0.717, 1.165) is 11.8 Å². The summed E-state index contributed by atoms with van der Waals surface area (Å²) in [6.45, 7) is 15.1. The van der Waals surface area contributed by atoms with E-state index < -0.39 is 0 Å². The van der Waals surface area contributed by atoms with Gasteiger partial charge >= 0.3 is 0 Å². The molecule has 1 aliphatic rings. The molecule has 0 N–H and O–H groups in total. The van der Waals surface area contributed by atoms with E-state index in [1.54, 1.807) is 0 Å². The van der Waals surface area contributed by atoms with Crippen LogP contribution in [0.15, 0.2) is 24.3 Å². The van der Waals surface area contributed by atoms with Crippen molar-refractivity contribution in [2.24, 2.45) is 17.8 Å². The summed E-state index contributed by atoms with van der Waals surface area (Å²) < 4.78 is 0. The van der Waals surface area contributed by atoms with Crippen molar-refractivity contribution in [3.8, 4) is 0 Å². The van der Waals surface area contributed by atoms with Gasteiger partial charge < -0.3 is 0 Å². The predicted octanol–water partition coefficient (Wildman–Crippen LogP) is 4.19. The molecule has 3 atom stereocenters. The maximum absolute atomic E-state index is 4.24. The van der Waals surface area contributed by atoms with Crippen LogP contribution in [0.4, 0.5) is 0 Å². The Labute approximate surface area is 82.7 Å². The van der Waals surface area contributed by atoms with Gasteiger partial charge in [-0.1, -0.05) is 38.2 Å². The quantitative estimate of drug-likeness (QED) is 0.556. The van der Waals surface area contributed by atoms with Gasteiger partial charge in [-0.15, -0.1) is 0 Å². The molecule has 0 aromatic heterocycles. The van der Waals surface area contributed by atoms with Gasteiger partial charge in [0.2, 0.25) is 0 Å². The molecule has 0 amide bonds. The minimum Gasteiger partial charge on any atom is -0.0995 e. The molecule has 74 valence electrons. The summed E-state index contributed by atoms with van der Waals surface area (Å²) in [6.07, 6.45) is 3.84. The largest absolute Gasteiger partial charge is 0.0995 e. The molecule has 0 bridgehead atoms. The van der Waals surface area contributed by atoms with Gasteiger partial charge in [0.25, 0.3) is 0 Å². The minimum atomic E-state index is 0.591. The highest BCUT2D eigenvalue weighted by atomic mass is 14.3. The van der Waals surface area contributed by atoms with Gasteiger partial charge in [0.1, 0.15) is 0 Å². The average molecular weight is 178 g/mol. The Morgan fingerprint density at radius 1 is 1.46 bits per heavy atom.